The highest BCUT2D eigenvalue weighted by Gasteiger charge is 2.40. The van der Waals surface area contributed by atoms with Crippen LogP contribution in [0.5, 0.6) is 5.75 Å². The molecule has 5 nitrogen and oxygen atoms in total. The van der Waals surface area contributed by atoms with Crippen LogP contribution in [0.2, 0.25) is 10.0 Å². The van der Waals surface area contributed by atoms with Gasteiger partial charge in [-0.15, -0.1) is 0 Å². The topological polar surface area (TPSA) is 58.6 Å². The molecule has 1 aliphatic rings. The molecule has 1 heterocycles. The van der Waals surface area contributed by atoms with Crippen LogP contribution in [0, 0.1) is 6.92 Å². The minimum absolute atomic E-state index is 0.185. The standard InChI is InChI=1S/C25H20Cl2N2O3/c1-3-32-20-6-4-5-19(14-20)29-24(30)22(16-7-9-17(26)10-8-16)23(25(29)31)28-21-12-11-18(27)13-15(21)2/h4-14,28H,3H2,1-2H3. The molecule has 1 N–H and O–H groups in total. The van der Waals surface area contributed by atoms with Crippen LogP contribution in [-0.4, -0.2) is 18.4 Å². The molecule has 162 valence electrons. The van der Waals surface area contributed by atoms with E-state index in [0.717, 1.165) is 10.5 Å². The van der Waals surface area contributed by atoms with Crippen LogP contribution < -0.4 is 15.0 Å². The van der Waals surface area contributed by atoms with Crippen molar-refractivity contribution >= 4 is 52.0 Å². The minimum Gasteiger partial charge on any atom is -0.494 e. The van der Waals surface area contributed by atoms with Gasteiger partial charge in [-0.05, 0) is 67.4 Å². The van der Waals surface area contributed by atoms with E-state index in [-0.39, 0.29) is 11.3 Å². The van der Waals surface area contributed by atoms with Crippen molar-refractivity contribution in [3.8, 4) is 5.75 Å². The van der Waals surface area contributed by atoms with Gasteiger partial charge >= 0.3 is 0 Å². The molecule has 3 aromatic carbocycles. The fourth-order valence-electron chi connectivity index (χ4n) is 3.55. The second-order valence-corrected chi connectivity index (χ2v) is 8.09. The molecule has 0 radical (unpaired) electrons. The molecule has 0 saturated heterocycles. The van der Waals surface area contributed by atoms with E-state index in [0.29, 0.717) is 39.3 Å². The quantitative estimate of drug-likeness (QED) is 0.446. The van der Waals surface area contributed by atoms with Gasteiger partial charge in [-0.1, -0.05) is 41.4 Å². The van der Waals surface area contributed by atoms with Crippen molar-refractivity contribution in [1.29, 1.82) is 0 Å². The maximum atomic E-state index is 13.5. The average molecular weight is 467 g/mol. The average Bonchev–Trinajstić information content (AvgIpc) is 3.00. The van der Waals surface area contributed by atoms with Crippen LogP contribution in [0.25, 0.3) is 5.57 Å². The molecule has 0 atom stereocenters. The van der Waals surface area contributed by atoms with E-state index in [1.807, 2.05) is 13.8 Å². The first-order chi connectivity index (χ1) is 15.4. The first-order valence-corrected chi connectivity index (χ1v) is 10.8. The number of imide groups is 1. The number of aryl methyl sites for hydroxylation is 1. The minimum atomic E-state index is -0.456. The second-order valence-electron chi connectivity index (χ2n) is 7.22. The fraction of sp³-hybridized carbons (Fsp3) is 0.120. The maximum absolute atomic E-state index is 13.5. The number of hydrogen-bond acceptors (Lipinski definition) is 4. The zero-order valence-corrected chi connectivity index (χ0v) is 19.0. The number of ether oxygens (including phenoxy) is 1. The molecule has 0 aromatic heterocycles. The third-order valence-electron chi connectivity index (χ3n) is 5.05. The molecule has 0 spiro atoms. The van der Waals surface area contributed by atoms with Gasteiger partial charge < -0.3 is 10.1 Å². The van der Waals surface area contributed by atoms with E-state index in [9.17, 15) is 9.59 Å². The molecule has 0 bridgehead atoms. The molecule has 2 amide bonds. The number of amides is 2. The highest BCUT2D eigenvalue weighted by atomic mass is 35.5. The van der Waals surface area contributed by atoms with E-state index >= 15 is 0 Å². The van der Waals surface area contributed by atoms with Crippen molar-refractivity contribution < 1.29 is 14.3 Å². The van der Waals surface area contributed by atoms with Crippen LogP contribution in [0.4, 0.5) is 11.4 Å². The summed E-state index contributed by atoms with van der Waals surface area (Å²) >= 11 is 12.1. The number of benzene rings is 3. The number of anilines is 2. The van der Waals surface area contributed by atoms with Gasteiger partial charge in [-0.3, -0.25) is 9.59 Å². The normalized spacial score (nSPS) is 13.7. The predicted molar refractivity (Wildman–Crippen MR) is 128 cm³/mol. The monoisotopic (exact) mass is 466 g/mol. The van der Waals surface area contributed by atoms with Crippen LogP contribution in [0.15, 0.2) is 72.4 Å². The molecule has 3 aromatic rings. The number of rotatable bonds is 6. The van der Waals surface area contributed by atoms with Crippen LogP contribution in [0.1, 0.15) is 18.1 Å². The van der Waals surface area contributed by atoms with Crippen molar-refractivity contribution in [3.05, 3.63) is 93.6 Å². The fourth-order valence-corrected chi connectivity index (χ4v) is 3.90. The third kappa shape index (κ3) is 4.22. The Hall–Kier alpha value is -3.28. The highest BCUT2D eigenvalue weighted by molar-refractivity contribution is 6.46. The highest BCUT2D eigenvalue weighted by Crippen LogP contribution is 2.36. The Morgan fingerprint density at radius 3 is 2.31 bits per heavy atom. The van der Waals surface area contributed by atoms with Crippen molar-refractivity contribution in [2.24, 2.45) is 0 Å². The zero-order valence-electron chi connectivity index (χ0n) is 17.5. The van der Waals surface area contributed by atoms with Gasteiger partial charge in [-0.2, -0.15) is 0 Å². The van der Waals surface area contributed by atoms with Gasteiger partial charge in [-0.25, -0.2) is 4.90 Å². The molecule has 4 rings (SSSR count). The van der Waals surface area contributed by atoms with E-state index in [1.54, 1.807) is 66.7 Å². The number of nitrogens with one attached hydrogen (secondary N) is 1. The Morgan fingerprint density at radius 1 is 0.906 bits per heavy atom. The van der Waals surface area contributed by atoms with Gasteiger partial charge in [0.05, 0.1) is 17.9 Å². The molecule has 0 fully saturated rings. The summed E-state index contributed by atoms with van der Waals surface area (Å²) in [5.41, 5.74) is 3.00. The Labute approximate surface area is 196 Å². The maximum Gasteiger partial charge on any atom is 0.282 e. The summed E-state index contributed by atoms with van der Waals surface area (Å²) < 4.78 is 5.54. The van der Waals surface area contributed by atoms with Gasteiger partial charge in [0.15, 0.2) is 0 Å². The van der Waals surface area contributed by atoms with Crippen molar-refractivity contribution in [2.45, 2.75) is 13.8 Å². The molecule has 1 aliphatic heterocycles. The van der Waals surface area contributed by atoms with Gasteiger partial charge in [0.25, 0.3) is 11.8 Å². The number of halogens is 2. The predicted octanol–water partition coefficient (Wildman–Crippen LogP) is 6.10. The first kappa shape index (κ1) is 21.9. The lowest BCUT2D eigenvalue weighted by atomic mass is 10.0. The summed E-state index contributed by atoms with van der Waals surface area (Å²) in [5.74, 6) is -0.309. The van der Waals surface area contributed by atoms with Crippen molar-refractivity contribution in [3.63, 3.8) is 0 Å². The van der Waals surface area contributed by atoms with E-state index in [2.05, 4.69) is 5.32 Å². The van der Waals surface area contributed by atoms with Crippen molar-refractivity contribution in [1.82, 2.24) is 0 Å². The molecular formula is C25H20Cl2N2O3. The first-order valence-electron chi connectivity index (χ1n) is 10.0. The molecular weight excluding hydrogens is 447 g/mol. The Morgan fingerprint density at radius 2 is 1.62 bits per heavy atom. The van der Waals surface area contributed by atoms with E-state index in [1.165, 1.54) is 0 Å². The molecule has 0 unspecified atom stereocenters. The van der Waals surface area contributed by atoms with Crippen LogP contribution in [0.3, 0.4) is 0 Å². The number of hydrogen-bond donors (Lipinski definition) is 1. The smallest absolute Gasteiger partial charge is 0.282 e. The molecule has 0 saturated carbocycles. The summed E-state index contributed by atoms with van der Waals surface area (Å²) in [5, 5.41) is 4.29. The van der Waals surface area contributed by atoms with E-state index in [4.69, 9.17) is 27.9 Å². The lowest BCUT2D eigenvalue weighted by molar-refractivity contribution is -0.120. The Balaban J connectivity index is 1.81. The SMILES string of the molecule is CCOc1cccc(N2C(=O)C(Nc3ccc(Cl)cc3C)=C(c3ccc(Cl)cc3)C2=O)c1. The summed E-state index contributed by atoms with van der Waals surface area (Å²) in [6.07, 6.45) is 0. The second kappa shape index (κ2) is 9.07. The number of nitrogens with zero attached hydrogens (tertiary/aromatic N) is 1. The van der Waals surface area contributed by atoms with Crippen LogP contribution in [-0.2, 0) is 9.59 Å². The molecule has 0 aliphatic carbocycles. The van der Waals surface area contributed by atoms with E-state index < -0.39 is 11.8 Å². The largest absolute Gasteiger partial charge is 0.494 e. The lowest BCUT2D eigenvalue weighted by Gasteiger charge is -2.17. The zero-order chi connectivity index (χ0) is 22.8. The lowest BCUT2D eigenvalue weighted by Crippen LogP contribution is -2.32. The Kier molecular flexibility index (Phi) is 6.21. The van der Waals surface area contributed by atoms with Crippen LogP contribution >= 0.6 is 23.2 Å². The number of carbonyl (C=O) groups is 2. The Bertz CT molecular complexity index is 1240. The summed E-state index contributed by atoms with van der Waals surface area (Å²) in [4.78, 5) is 28.2. The van der Waals surface area contributed by atoms with Gasteiger partial charge in [0.2, 0.25) is 0 Å². The summed E-state index contributed by atoms with van der Waals surface area (Å²) in [6, 6.07) is 19.0. The molecule has 32 heavy (non-hydrogen) atoms. The van der Waals surface area contributed by atoms with Crippen molar-refractivity contribution in [2.75, 3.05) is 16.8 Å². The summed E-state index contributed by atoms with van der Waals surface area (Å²) in [6.45, 7) is 4.22. The third-order valence-corrected chi connectivity index (χ3v) is 5.54. The summed E-state index contributed by atoms with van der Waals surface area (Å²) in [7, 11) is 0. The van der Waals surface area contributed by atoms with Gasteiger partial charge in [0.1, 0.15) is 11.4 Å². The number of carbonyl (C=O) groups excluding carboxylic acids is 2. The van der Waals surface area contributed by atoms with Gasteiger partial charge in [0, 0.05) is 21.8 Å². The molecule has 7 heteroatoms.